The second-order valence-electron chi connectivity index (χ2n) is 4.46. The van der Waals surface area contributed by atoms with Crippen molar-refractivity contribution in [3.05, 3.63) is 33.8 Å². The molecule has 0 aromatic heterocycles. The van der Waals surface area contributed by atoms with Gasteiger partial charge in [0.1, 0.15) is 0 Å². The van der Waals surface area contributed by atoms with E-state index in [4.69, 9.17) is 33.7 Å². The predicted molar refractivity (Wildman–Crippen MR) is 75.3 cm³/mol. The molecule has 1 aliphatic heterocycles. The normalized spacial score (nSPS) is 19.5. The minimum Gasteiger partial charge on any atom is -0.380 e. The third-order valence-electron chi connectivity index (χ3n) is 3.19. The fourth-order valence-corrected chi connectivity index (χ4v) is 2.88. The Labute approximate surface area is 118 Å². The second kappa shape index (κ2) is 6.73. The molecule has 1 unspecified atom stereocenters. The van der Waals surface area contributed by atoms with Gasteiger partial charge in [0.15, 0.2) is 0 Å². The first-order valence-corrected chi connectivity index (χ1v) is 6.94. The fraction of sp³-hybridized carbons (Fsp3) is 0.538. The number of hydrogen-bond acceptors (Lipinski definition) is 3. The van der Waals surface area contributed by atoms with E-state index in [-0.39, 0.29) is 6.04 Å². The van der Waals surface area contributed by atoms with Gasteiger partial charge in [-0.25, -0.2) is 0 Å². The molecular weight excluding hydrogens is 271 g/mol. The van der Waals surface area contributed by atoms with Gasteiger partial charge in [-0.15, -0.1) is 0 Å². The van der Waals surface area contributed by atoms with Gasteiger partial charge in [-0.1, -0.05) is 23.2 Å². The first kappa shape index (κ1) is 14.1. The topological polar surface area (TPSA) is 38.5 Å². The minimum absolute atomic E-state index is 0.155. The van der Waals surface area contributed by atoms with E-state index in [0.717, 1.165) is 38.3 Å². The van der Waals surface area contributed by atoms with E-state index < -0.39 is 0 Å². The maximum atomic E-state index is 6.05. The summed E-state index contributed by atoms with van der Waals surface area (Å²) in [6, 6.07) is 5.78. The number of halogens is 2. The van der Waals surface area contributed by atoms with Crippen molar-refractivity contribution in [3.63, 3.8) is 0 Å². The molecule has 1 fully saturated rings. The predicted octanol–water partition coefficient (Wildman–Crippen LogP) is 2.72. The molecule has 3 nitrogen and oxygen atoms in total. The van der Waals surface area contributed by atoms with Crippen LogP contribution in [-0.2, 0) is 4.74 Å². The summed E-state index contributed by atoms with van der Waals surface area (Å²) in [5.41, 5.74) is 7.00. The molecule has 18 heavy (non-hydrogen) atoms. The Bertz CT molecular complexity index is 372. The first-order valence-electron chi connectivity index (χ1n) is 6.18. The van der Waals surface area contributed by atoms with Gasteiger partial charge in [0, 0.05) is 42.3 Å². The Balaban J connectivity index is 2.20. The zero-order valence-electron chi connectivity index (χ0n) is 10.2. The molecule has 1 atom stereocenters. The van der Waals surface area contributed by atoms with Crippen LogP contribution in [0.15, 0.2) is 18.2 Å². The van der Waals surface area contributed by atoms with Crippen molar-refractivity contribution in [2.24, 2.45) is 5.73 Å². The van der Waals surface area contributed by atoms with Gasteiger partial charge in [0.2, 0.25) is 0 Å². The maximum Gasteiger partial charge on any atom is 0.0593 e. The number of benzene rings is 1. The number of nitrogens with two attached hydrogens (primary N) is 1. The van der Waals surface area contributed by atoms with Crippen molar-refractivity contribution >= 4 is 23.2 Å². The SMILES string of the molecule is NCC(c1cc(Cl)cc(Cl)c1)N1CCCOCC1. The lowest BCUT2D eigenvalue weighted by Gasteiger charge is -2.29. The second-order valence-corrected chi connectivity index (χ2v) is 5.33. The minimum atomic E-state index is 0.155. The summed E-state index contributed by atoms with van der Waals surface area (Å²) in [5.74, 6) is 0. The van der Waals surface area contributed by atoms with Gasteiger partial charge in [0.05, 0.1) is 6.61 Å². The van der Waals surface area contributed by atoms with E-state index in [1.54, 1.807) is 6.07 Å². The molecule has 1 aliphatic rings. The van der Waals surface area contributed by atoms with E-state index in [1.165, 1.54) is 0 Å². The summed E-state index contributed by atoms with van der Waals surface area (Å²) in [7, 11) is 0. The van der Waals surface area contributed by atoms with E-state index in [9.17, 15) is 0 Å². The van der Waals surface area contributed by atoms with Crippen LogP contribution in [0.2, 0.25) is 10.0 Å². The lowest BCUT2D eigenvalue weighted by Crippen LogP contribution is -2.35. The zero-order valence-corrected chi connectivity index (χ0v) is 11.8. The van der Waals surface area contributed by atoms with Crippen LogP contribution < -0.4 is 5.73 Å². The molecule has 0 spiro atoms. The van der Waals surface area contributed by atoms with E-state index in [0.29, 0.717) is 16.6 Å². The molecule has 100 valence electrons. The molecule has 0 amide bonds. The highest BCUT2D eigenvalue weighted by Gasteiger charge is 2.21. The fourth-order valence-electron chi connectivity index (χ4n) is 2.34. The van der Waals surface area contributed by atoms with E-state index >= 15 is 0 Å². The summed E-state index contributed by atoms with van der Waals surface area (Å²) < 4.78 is 5.47. The average Bonchev–Trinajstić information content (AvgIpc) is 2.58. The summed E-state index contributed by atoms with van der Waals surface area (Å²) in [5, 5.41) is 1.31. The Morgan fingerprint density at radius 1 is 1.17 bits per heavy atom. The molecule has 2 rings (SSSR count). The standard InChI is InChI=1S/C13H18Cl2N2O/c14-11-6-10(7-12(15)8-11)13(9-16)17-2-1-4-18-5-3-17/h6-8,13H,1-5,9,16H2. The highest BCUT2D eigenvalue weighted by molar-refractivity contribution is 6.34. The average molecular weight is 289 g/mol. The Morgan fingerprint density at radius 2 is 1.89 bits per heavy atom. The molecular formula is C13H18Cl2N2O. The quantitative estimate of drug-likeness (QED) is 0.930. The van der Waals surface area contributed by atoms with E-state index in [1.807, 2.05) is 12.1 Å². The van der Waals surface area contributed by atoms with E-state index in [2.05, 4.69) is 4.90 Å². The van der Waals surface area contributed by atoms with Crippen LogP contribution in [0.1, 0.15) is 18.0 Å². The van der Waals surface area contributed by atoms with Crippen LogP contribution in [0.4, 0.5) is 0 Å². The molecule has 2 N–H and O–H groups in total. The first-order chi connectivity index (χ1) is 8.70. The van der Waals surface area contributed by atoms with Crippen LogP contribution in [0.5, 0.6) is 0 Å². The van der Waals surface area contributed by atoms with Crippen molar-refractivity contribution in [3.8, 4) is 0 Å². The third-order valence-corrected chi connectivity index (χ3v) is 3.63. The largest absolute Gasteiger partial charge is 0.380 e. The summed E-state index contributed by atoms with van der Waals surface area (Å²) in [6.45, 7) is 4.02. The molecule has 0 aliphatic carbocycles. The number of hydrogen-bond donors (Lipinski definition) is 1. The number of rotatable bonds is 3. The van der Waals surface area contributed by atoms with Crippen molar-refractivity contribution < 1.29 is 4.74 Å². The van der Waals surface area contributed by atoms with Gasteiger partial charge in [-0.3, -0.25) is 4.90 Å². The molecule has 1 heterocycles. The number of nitrogens with zero attached hydrogens (tertiary/aromatic N) is 1. The molecule has 1 aromatic carbocycles. The summed E-state index contributed by atoms with van der Waals surface area (Å²) in [4.78, 5) is 2.34. The van der Waals surface area contributed by atoms with Crippen molar-refractivity contribution in [2.45, 2.75) is 12.5 Å². The van der Waals surface area contributed by atoms with Crippen LogP contribution in [0, 0.1) is 0 Å². The highest BCUT2D eigenvalue weighted by Crippen LogP contribution is 2.27. The molecule has 0 saturated carbocycles. The summed E-state index contributed by atoms with van der Waals surface area (Å²) >= 11 is 12.1. The van der Waals surface area contributed by atoms with Gasteiger partial charge >= 0.3 is 0 Å². The van der Waals surface area contributed by atoms with Gasteiger partial charge < -0.3 is 10.5 Å². The maximum absolute atomic E-state index is 6.05. The lowest BCUT2D eigenvalue weighted by molar-refractivity contribution is 0.132. The molecule has 1 saturated heterocycles. The monoisotopic (exact) mass is 288 g/mol. The van der Waals surface area contributed by atoms with Crippen LogP contribution >= 0.6 is 23.2 Å². The van der Waals surface area contributed by atoms with Crippen molar-refractivity contribution in [2.75, 3.05) is 32.8 Å². The molecule has 1 aromatic rings. The van der Waals surface area contributed by atoms with Crippen molar-refractivity contribution in [1.82, 2.24) is 4.90 Å². The van der Waals surface area contributed by atoms with Crippen molar-refractivity contribution in [1.29, 1.82) is 0 Å². The molecule has 5 heteroatoms. The Kier molecular flexibility index (Phi) is 5.27. The third kappa shape index (κ3) is 3.59. The highest BCUT2D eigenvalue weighted by atomic mass is 35.5. The summed E-state index contributed by atoms with van der Waals surface area (Å²) in [6.07, 6.45) is 1.03. The molecule has 0 radical (unpaired) electrons. The smallest absolute Gasteiger partial charge is 0.0593 e. The van der Waals surface area contributed by atoms with Gasteiger partial charge in [0.25, 0.3) is 0 Å². The van der Waals surface area contributed by atoms with Gasteiger partial charge in [-0.2, -0.15) is 0 Å². The number of ether oxygens (including phenoxy) is 1. The Hall–Kier alpha value is -0.320. The van der Waals surface area contributed by atoms with Crippen LogP contribution in [-0.4, -0.2) is 37.7 Å². The molecule has 0 bridgehead atoms. The van der Waals surface area contributed by atoms with Crippen LogP contribution in [0.3, 0.4) is 0 Å². The van der Waals surface area contributed by atoms with Crippen LogP contribution in [0.25, 0.3) is 0 Å². The lowest BCUT2D eigenvalue weighted by atomic mass is 10.1. The zero-order chi connectivity index (χ0) is 13.0. The Morgan fingerprint density at radius 3 is 2.56 bits per heavy atom. The van der Waals surface area contributed by atoms with Gasteiger partial charge in [-0.05, 0) is 30.2 Å².